The van der Waals surface area contributed by atoms with Crippen LogP contribution in [0.3, 0.4) is 0 Å². The van der Waals surface area contributed by atoms with Gasteiger partial charge in [0.25, 0.3) is 5.91 Å². The molecule has 2 aromatic rings. The SMILES string of the molecule is NCC1CCCCC1NC(=O)c1ccc(-n2cccn2)cc1. The molecule has 1 aliphatic rings. The van der Waals surface area contributed by atoms with E-state index in [-0.39, 0.29) is 11.9 Å². The predicted octanol–water partition coefficient (Wildman–Crippen LogP) is 2.12. The summed E-state index contributed by atoms with van der Waals surface area (Å²) < 4.78 is 1.77. The number of nitrogens with one attached hydrogen (secondary N) is 1. The molecule has 3 rings (SSSR count). The van der Waals surface area contributed by atoms with Crippen LogP contribution in [0.25, 0.3) is 5.69 Å². The fourth-order valence-corrected chi connectivity index (χ4v) is 3.12. The Morgan fingerprint density at radius 1 is 1.27 bits per heavy atom. The van der Waals surface area contributed by atoms with Crippen molar-refractivity contribution in [3.8, 4) is 5.69 Å². The molecule has 3 N–H and O–H groups in total. The zero-order valence-electron chi connectivity index (χ0n) is 12.6. The van der Waals surface area contributed by atoms with E-state index in [4.69, 9.17) is 5.73 Å². The minimum absolute atomic E-state index is 0.0163. The topological polar surface area (TPSA) is 72.9 Å². The van der Waals surface area contributed by atoms with Crippen LogP contribution in [-0.2, 0) is 0 Å². The molecule has 1 aromatic carbocycles. The summed E-state index contributed by atoms with van der Waals surface area (Å²) in [5.41, 5.74) is 7.44. The molecule has 5 heteroatoms. The van der Waals surface area contributed by atoms with E-state index in [9.17, 15) is 4.79 Å². The van der Waals surface area contributed by atoms with E-state index >= 15 is 0 Å². The maximum Gasteiger partial charge on any atom is 0.251 e. The molecule has 0 saturated heterocycles. The first-order valence-corrected chi connectivity index (χ1v) is 7.89. The van der Waals surface area contributed by atoms with Gasteiger partial charge in [-0.25, -0.2) is 4.68 Å². The first-order chi connectivity index (χ1) is 10.8. The van der Waals surface area contributed by atoms with Crippen LogP contribution in [-0.4, -0.2) is 28.3 Å². The molecule has 0 spiro atoms. The summed E-state index contributed by atoms with van der Waals surface area (Å²) >= 11 is 0. The van der Waals surface area contributed by atoms with Crippen LogP contribution in [0.15, 0.2) is 42.7 Å². The van der Waals surface area contributed by atoms with Crippen molar-refractivity contribution in [1.82, 2.24) is 15.1 Å². The highest BCUT2D eigenvalue weighted by molar-refractivity contribution is 5.94. The van der Waals surface area contributed by atoms with Gasteiger partial charge in [0.15, 0.2) is 0 Å². The summed E-state index contributed by atoms with van der Waals surface area (Å²) in [7, 11) is 0. The van der Waals surface area contributed by atoms with Crippen molar-refractivity contribution in [3.63, 3.8) is 0 Å². The van der Waals surface area contributed by atoms with E-state index in [1.165, 1.54) is 12.8 Å². The van der Waals surface area contributed by atoms with Gasteiger partial charge in [-0.2, -0.15) is 5.10 Å². The molecule has 1 saturated carbocycles. The lowest BCUT2D eigenvalue weighted by atomic mass is 9.84. The second kappa shape index (κ2) is 6.75. The quantitative estimate of drug-likeness (QED) is 0.908. The van der Waals surface area contributed by atoms with E-state index in [0.717, 1.165) is 18.5 Å². The second-order valence-corrected chi connectivity index (χ2v) is 5.86. The first-order valence-electron chi connectivity index (χ1n) is 7.89. The largest absolute Gasteiger partial charge is 0.349 e. The van der Waals surface area contributed by atoms with Gasteiger partial charge in [-0.15, -0.1) is 0 Å². The number of aromatic nitrogens is 2. The van der Waals surface area contributed by atoms with Gasteiger partial charge in [-0.1, -0.05) is 12.8 Å². The highest BCUT2D eigenvalue weighted by Crippen LogP contribution is 2.23. The number of amides is 1. The van der Waals surface area contributed by atoms with E-state index < -0.39 is 0 Å². The number of benzene rings is 1. The van der Waals surface area contributed by atoms with Gasteiger partial charge in [0.05, 0.1) is 5.69 Å². The number of rotatable bonds is 4. The van der Waals surface area contributed by atoms with Gasteiger partial charge >= 0.3 is 0 Å². The minimum atomic E-state index is -0.0163. The van der Waals surface area contributed by atoms with Gasteiger partial charge in [-0.05, 0) is 55.6 Å². The Morgan fingerprint density at radius 2 is 2.05 bits per heavy atom. The zero-order chi connectivity index (χ0) is 15.4. The monoisotopic (exact) mass is 298 g/mol. The van der Waals surface area contributed by atoms with Crippen molar-refractivity contribution in [1.29, 1.82) is 0 Å². The molecule has 1 amide bonds. The van der Waals surface area contributed by atoms with Crippen molar-refractivity contribution in [2.24, 2.45) is 11.7 Å². The molecular weight excluding hydrogens is 276 g/mol. The molecule has 2 unspecified atom stereocenters. The van der Waals surface area contributed by atoms with Gasteiger partial charge in [0, 0.05) is 24.0 Å². The molecule has 116 valence electrons. The van der Waals surface area contributed by atoms with Crippen LogP contribution in [0.4, 0.5) is 0 Å². The molecular formula is C17H22N4O. The molecule has 22 heavy (non-hydrogen) atoms. The van der Waals surface area contributed by atoms with Crippen LogP contribution in [0.2, 0.25) is 0 Å². The molecule has 1 aliphatic carbocycles. The van der Waals surface area contributed by atoms with Crippen molar-refractivity contribution >= 4 is 5.91 Å². The Bertz CT molecular complexity index is 606. The summed E-state index contributed by atoms with van der Waals surface area (Å²) in [6.07, 6.45) is 8.13. The lowest BCUT2D eigenvalue weighted by molar-refractivity contribution is 0.0908. The number of hydrogen-bond donors (Lipinski definition) is 2. The van der Waals surface area contributed by atoms with E-state index in [2.05, 4.69) is 10.4 Å². The second-order valence-electron chi connectivity index (χ2n) is 5.86. The lowest BCUT2D eigenvalue weighted by Crippen LogP contribution is -2.44. The number of nitrogens with two attached hydrogens (primary N) is 1. The molecule has 0 aliphatic heterocycles. The molecule has 1 fully saturated rings. The Morgan fingerprint density at radius 3 is 2.73 bits per heavy atom. The van der Waals surface area contributed by atoms with Gasteiger partial charge < -0.3 is 11.1 Å². The van der Waals surface area contributed by atoms with Crippen LogP contribution in [0.5, 0.6) is 0 Å². The fourth-order valence-electron chi connectivity index (χ4n) is 3.12. The maximum absolute atomic E-state index is 12.4. The number of hydrogen-bond acceptors (Lipinski definition) is 3. The highest BCUT2D eigenvalue weighted by atomic mass is 16.1. The van der Waals surface area contributed by atoms with Crippen LogP contribution >= 0.6 is 0 Å². The zero-order valence-corrected chi connectivity index (χ0v) is 12.6. The summed E-state index contributed by atoms with van der Waals surface area (Å²) in [6, 6.07) is 9.57. The maximum atomic E-state index is 12.4. The average Bonchev–Trinajstić information content (AvgIpc) is 3.10. The van der Waals surface area contributed by atoms with Crippen LogP contribution < -0.4 is 11.1 Å². The lowest BCUT2D eigenvalue weighted by Gasteiger charge is -2.31. The molecule has 5 nitrogen and oxygen atoms in total. The minimum Gasteiger partial charge on any atom is -0.349 e. The van der Waals surface area contributed by atoms with E-state index in [1.807, 2.05) is 36.5 Å². The van der Waals surface area contributed by atoms with Gasteiger partial charge in [0.2, 0.25) is 0 Å². The third-order valence-corrected chi connectivity index (χ3v) is 4.43. The van der Waals surface area contributed by atoms with E-state index in [1.54, 1.807) is 10.9 Å². The van der Waals surface area contributed by atoms with Crippen LogP contribution in [0.1, 0.15) is 36.0 Å². The molecule has 1 heterocycles. The third kappa shape index (κ3) is 3.20. The van der Waals surface area contributed by atoms with Gasteiger partial charge in [-0.3, -0.25) is 4.79 Å². The Kier molecular flexibility index (Phi) is 4.53. The third-order valence-electron chi connectivity index (χ3n) is 4.43. The Hall–Kier alpha value is -2.14. The average molecular weight is 298 g/mol. The smallest absolute Gasteiger partial charge is 0.251 e. The first kappa shape index (κ1) is 14.8. The summed E-state index contributed by atoms with van der Waals surface area (Å²) in [4.78, 5) is 12.4. The number of carbonyl (C=O) groups is 1. The summed E-state index contributed by atoms with van der Waals surface area (Å²) in [5.74, 6) is 0.387. The fraction of sp³-hybridized carbons (Fsp3) is 0.412. The van der Waals surface area contributed by atoms with Crippen molar-refractivity contribution in [2.45, 2.75) is 31.7 Å². The predicted molar refractivity (Wildman–Crippen MR) is 85.8 cm³/mol. The summed E-state index contributed by atoms with van der Waals surface area (Å²) in [6.45, 7) is 0.642. The van der Waals surface area contributed by atoms with Crippen molar-refractivity contribution in [2.75, 3.05) is 6.54 Å². The molecule has 0 bridgehead atoms. The van der Waals surface area contributed by atoms with Crippen molar-refractivity contribution in [3.05, 3.63) is 48.3 Å². The normalized spacial score (nSPS) is 21.5. The molecule has 2 atom stereocenters. The number of nitrogens with zero attached hydrogens (tertiary/aromatic N) is 2. The number of carbonyl (C=O) groups excluding carboxylic acids is 1. The Labute approximate surface area is 130 Å². The standard InChI is InChI=1S/C17H22N4O/c18-12-14-4-1-2-5-16(14)20-17(22)13-6-8-15(9-7-13)21-11-3-10-19-21/h3,6-11,14,16H,1-2,4-5,12,18H2,(H,20,22). The van der Waals surface area contributed by atoms with Gasteiger partial charge in [0.1, 0.15) is 0 Å². The Balaban J connectivity index is 1.67. The van der Waals surface area contributed by atoms with E-state index in [0.29, 0.717) is 18.0 Å². The molecule has 1 aromatic heterocycles. The van der Waals surface area contributed by atoms with Crippen LogP contribution in [0, 0.1) is 5.92 Å². The van der Waals surface area contributed by atoms with Crippen molar-refractivity contribution < 1.29 is 4.79 Å². The molecule has 0 radical (unpaired) electrons. The highest BCUT2D eigenvalue weighted by Gasteiger charge is 2.25. The summed E-state index contributed by atoms with van der Waals surface area (Å²) in [5, 5.41) is 7.33.